The first-order valence-corrected chi connectivity index (χ1v) is 2.65. The van der Waals surface area contributed by atoms with Crippen molar-refractivity contribution in [1.82, 2.24) is 0 Å². The SMILES string of the molecule is CO/C(=C/C(=O)O)C[N+](=O)[O-]. The fraction of sp³-hybridized carbons (Fsp3) is 0.400. The fourth-order valence-electron chi connectivity index (χ4n) is 0.434. The topological polar surface area (TPSA) is 89.7 Å². The zero-order chi connectivity index (χ0) is 8.85. The molecule has 0 bridgehead atoms. The molecule has 0 aliphatic carbocycles. The molecule has 62 valence electrons. The van der Waals surface area contributed by atoms with Crippen LogP contribution in [0.4, 0.5) is 0 Å². The number of nitrogens with zero attached hydrogens (tertiary/aromatic N) is 1. The maximum absolute atomic E-state index is 9.97. The Hall–Kier alpha value is -1.59. The highest BCUT2D eigenvalue weighted by molar-refractivity contribution is 5.80. The van der Waals surface area contributed by atoms with Gasteiger partial charge in [-0.3, -0.25) is 10.1 Å². The lowest BCUT2D eigenvalue weighted by Crippen LogP contribution is -2.07. The summed E-state index contributed by atoms with van der Waals surface area (Å²) in [7, 11) is 1.18. The Labute approximate surface area is 62.2 Å². The van der Waals surface area contributed by atoms with Crippen molar-refractivity contribution in [3.63, 3.8) is 0 Å². The van der Waals surface area contributed by atoms with Crippen LogP contribution in [-0.2, 0) is 9.53 Å². The van der Waals surface area contributed by atoms with Crippen LogP contribution >= 0.6 is 0 Å². The van der Waals surface area contributed by atoms with E-state index in [1.807, 2.05) is 0 Å². The molecule has 0 spiro atoms. The van der Waals surface area contributed by atoms with Crippen LogP contribution in [0.2, 0.25) is 0 Å². The van der Waals surface area contributed by atoms with Gasteiger partial charge in [-0.1, -0.05) is 0 Å². The Bertz CT molecular complexity index is 197. The second-order valence-corrected chi connectivity index (χ2v) is 1.64. The number of methoxy groups -OCH3 is 1. The van der Waals surface area contributed by atoms with E-state index >= 15 is 0 Å². The molecule has 0 saturated heterocycles. The van der Waals surface area contributed by atoms with Gasteiger partial charge in [0.15, 0.2) is 5.76 Å². The van der Waals surface area contributed by atoms with Crippen molar-refractivity contribution < 1.29 is 19.6 Å². The molecule has 0 radical (unpaired) electrons. The van der Waals surface area contributed by atoms with E-state index in [0.717, 1.165) is 0 Å². The van der Waals surface area contributed by atoms with Gasteiger partial charge in [-0.2, -0.15) is 0 Å². The zero-order valence-electron chi connectivity index (χ0n) is 5.81. The summed E-state index contributed by atoms with van der Waals surface area (Å²) >= 11 is 0. The number of rotatable bonds is 4. The largest absolute Gasteiger partial charge is 0.494 e. The Morgan fingerprint density at radius 2 is 2.36 bits per heavy atom. The van der Waals surface area contributed by atoms with Crippen LogP contribution in [0.3, 0.4) is 0 Å². The van der Waals surface area contributed by atoms with Gasteiger partial charge in [-0.25, -0.2) is 4.79 Å². The summed E-state index contributed by atoms with van der Waals surface area (Å²) in [4.78, 5) is 19.1. The normalized spacial score (nSPS) is 10.8. The molecule has 1 N–H and O–H groups in total. The molecule has 11 heavy (non-hydrogen) atoms. The number of carboxylic acid groups (broad SMARTS) is 1. The maximum atomic E-state index is 9.97. The molecule has 0 amide bonds. The molecule has 0 fully saturated rings. The second kappa shape index (κ2) is 4.26. The van der Waals surface area contributed by atoms with Gasteiger partial charge >= 0.3 is 5.97 Å². The summed E-state index contributed by atoms with van der Waals surface area (Å²) in [5.41, 5.74) is 0. The van der Waals surface area contributed by atoms with Crippen molar-refractivity contribution in [3.8, 4) is 0 Å². The smallest absolute Gasteiger partial charge is 0.331 e. The molecule has 0 saturated carbocycles. The predicted octanol–water partition coefficient (Wildman–Crippen LogP) is -0.122. The van der Waals surface area contributed by atoms with Crippen molar-refractivity contribution in [1.29, 1.82) is 0 Å². The van der Waals surface area contributed by atoms with Crippen molar-refractivity contribution >= 4 is 5.97 Å². The molecule has 0 aliphatic rings. The number of hydrogen-bond donors (Lipinski definition) is 1. The van der Waals surface area contributed by atoms with Gasteiger partial charge in [-0.15, -0.1) is 0 Å². The summed E-state index contributed by atoms with van der Waals surface area (Å²) in [6.45, 7) is -0.608. The molecule has 0 heterocycles. The van der Waals surface area contributed by atoms with Gasteiger partial charge in [0.1, 0.15) is 0 Å². The van der Waals surface area contributed by atoms with Crippen LogP contribution in [0.25, 0.3) is 0 Å². The Morgan fingerprint density at radius 1 is 1.82 bits per heavy atom. The molecule has 0 aromatic heterocycles. The van der Waals surface area contributed by atoms with Crippen molar-refractivity contribution in [2.75, 3.05) is 13.7 Å². The molecule has 0 aromatic rings. The van der Waals surface area contributed by atoms with Crippen LogP contribution in [0, 0.1) is 10.1 Å². The first-order chi connectivity index (χ1) is 5.06. The van der Waals surface area contributed by atoms with Gasteiger partial charge in [0.05, 0.1) is 13.2 Å². The molecule has 0 unspecified atom stereocenters. The predicted molar refractivity (Wildman–Crippen MR) is 34.6 cm³/mol. The van der Waals surface area contributed by atoms with Crippen LogP contribution in [0.1, 0.15) is 0 Å². The van der Waals surface area contributed by atoms with E-state index in [-0.39, 0.29) is 5.76 Å². The number of hydrogen-bond acceptors (Lipinski definition) is 4. The Balaban J connectivity index is 4.16. The monoisotopic (exact) mass is 161 g/mol. The molecular formula is C5H7NO5. The van der Waals surface area contributed by atoms with Crippen LogP contribution in [0.5, 0.6) is 0 Å². The Morgan fingerprint density at radius 3 is 2.64 bits per heavy atom. The van der Waals surface area contributed by atoms with Gasteiger partial charge < -0.3 is 9.84 Å². The van der Waals surface area contributed by atoms with Crippen LogP contribution < -0.4 is 0 Å². The molecule has 6 nitrogen and oxygen atoms in total. The summed E-state index contributed by atoms with van der Waals surface area (Å²) in [5.74, 6) is -1.44. The lowest BCUT2D eigenvalue weighted by atomic mass is 10.4. The molecule has 0 rings (SSSR count). The lowest BCUT2D eigenvalue weighted by Gasteiger charge is -1.97. The molecule has 0 atom stereocenters. The summed E-state index contributed by atoms with van der Waals surface area (Å²) in [5, 5.41) is 18.0. The number of aliphatic carboxylic acids is 1. The number of nitro groups is 1. The minimum absolute atomic E-state index is 0.178. The average molecular weight is 161 g/mol. The maximum Gasteiger partial charge on any atom is 0.331 e. The standard InChI is InChI=1S/C5H7NO5/c1-11-4(2-5(7)8)3-6(9)10/h2H,3H2,1H3,(H,7,8)/b4-2+. The quantitative estimate of drug-likeness (QED) is 0.268. The third-order valence-electron chi connectivity index (χ3n) is 0.832. The number of carboxylic acids is 1. The summed E-state index contributed by atoms with van der Waals surface area (Å²) in [6, 6.07) is 0. The van der Waals surface area contributed by atoms with Gasteiger partial charge in [0.2, 0.25) is 0 Å². The summed E-state index contributed by atoms with van der Waals surface area (Å²) in [6.07, 6.45) is 0.656. The van der Waals surface area contributed by atoms with Gasteiger partial charge in [0, 0.05) is 4.92 Å². The minimum atomic E-state index is -1.26. The second-order valence-electron chi connectivity index (χ2n) is 1.64. The molecule has 0 aromatic carbocycles. The zero-order valence-corrected chi connectivity index (χ0v) is 5.81. The van der Waals surface area contributed by atoms with E-state index in [4.69, 9.17) is 5.11 Å². The number of ether oxygens (including phenoxy) is 1. The highest BCUT2D eigenvalue weighted by Crippen LogP contribution is 1.94. The van der Waals surface area contributed by atoms with E-state index in [1.54, 1.807) is 0 Å². The summed E-state index contributed by atoms with van der Waals surface area (Å²) < 4.78 is 4.41. The van der Waals surface area contributed by atoms with E-state index in [1.165, 1.54) is 7.11 Å². The van der Waals surface area contributed by atoms with Crippen molar-refractivity contribution in [2.45, 2.75) is 0 Å². The lowest BCUT2D eigenvalue weighted by molar-refractivity contribution is -0.474. The van der Waals surface area contributed by atoms with Gasteiger partial charge in [-0.05, 0) is 0 Å². The highest BCUT2D eigenvalue weighted by Gasteiger charge is 2.06. The minimum Gasteiger partial charge on any atom is -0.494 e. The first kappa shape index (κ1) is 9.41. The van der Waals surface area contributed by atoms with Crippen LogP contribution in [-0.4, -0.2) is 29.7 Å². The third-order valence-corrected chi connectivity index (χ3v) is 0.832. The fourth-order valence-corrected chi connectivity index (χ4v) is 0.434. The number of carbonyl (C=O) groups is 1. The van der Waals surface area contributed by atoms with Crippen LogP contribution in [0.15, 0.2) is 11.8 Å². The molecule has 6 heteroatoms. The van der Waals surface area contributed by atoms with Gasteiger partial charge in [0.25, 0.3) is 6.54 Å². The molecular weight excluding hydrogens is 154 g/mol. The highest BCUT2D eigenvalue weighted by atomic mass is 16.6. The van der Waals surface area contributed by atoms with E-state index in [0.29, 0.717) is 6.08 Å². The van der Waals surface area contributed by atoms with E-state index in [9.17, 15) is 14.9 Å². The Kier molecular flexibility index (Phi) is 3.65. The average Bonchev–Trinajstić information content (AvgIpc) is 1.84. The van der Waals surface area contributed by atoms with E-state index in [2.05, 4.69) is 4.74 Å². The van der Waals surface area contributed by atoms with Crippen molar-refractivity contribution in [2.24, 2.45) is 0 Å². The van der Waals surface area contributed by atoms with Crippen molar-refractivity contribution in [3.05, 3.63) is 21.9 Å². The third kappa shape index (κ3) is 4.89. The van der Waals surface area contributed by atoms with E-state index < -0.39 is 17.4 Å². The first-order valence-electron chi connectivity index (χ1n) is 2.65. The molecule has 0 aliphatic heterocycles.